The van der Waals surface area contributed by atoms with Crippen LogP contribution in [0.15, 0.2) is 60.7 Å². The lowest BCUT2D eigenvalue weighted by molar-refractivity contribution is 0.624. The molecule has 3 aromatic rings. The molecule has 0 saturated carbocycles. The Morgan fingerprint density at radius 2 is 1.75 bits per heavy atom. The normalized spacial score (nSPS) is 10.2. The predicted octanol–water partition coefficient (Wildman–Crippen LogP) is 4.59. The Balaban J connectivity index is 2.02. The minimum Gasteiger partial charge on any atom is -0.355 e. The zero-order chi connectivity index (χ0) is 13.9. The van der Waals surface area contributed by atoms with E-state index in [1.165, 1.54) is 12.1 Å². The Labute approximate surface area is 116 Å². The van der Waals surface area contributed by atoms with Crippen LogP contribution < -0.4 is 5.32 Å². The fourth-order valence-corrected chi connectivity index (χ4v) is 2.17. The highest BCUT2D eigenvalue weighted by molar-refractivity contribution is 5.95. The Kier molecular flexibility index (Phi) is 3.06. The van der Waals surface area contributed by atoms with Crippen LogP contribution in [0.3, 0.4) is 0 Å². The number of nitrogens with one attached hydrogen (secondary N) is 1. The van der Waals surface area contributed by atoms with E-state index in [-0.39, 0.29) is 5.56 Å². The molecule has 0 spiro atoms. The number of anilines is 2. The molecule has 0 heterocycles. The van der Waals surface area contributed by atoms with Crippen molar-refractivity contribution in [3.8, 4) is 6.07 Å². The van der Waals surface area contributed by atoms with E-state index in [4.69, 9.17) is 5.26 Å². The number of hydrogen-bond acceptors (Lipinski definition) is 2. The lowest BCUT2D eigenvalue weighted by atomic mass is 10.1. The SMILES string of the molecule is N#Cc1ccc(Nc2cccc3ccccc23)cc1F. The van der Waals surface area contributed by atoms with E-state index < -0.39 is 5.82 Å². The van der Waals surface area contributed by atoms with Gasteiger partial charge < -0.3 is 5.32 Å². The minimum atomic E-state index is -0.516. The number of halogens is 1. The van der Waals surface area contributed by atoms with Crippen LogP contribution in [0.2, 0.25) is 0 Å². The van der Waals surface area contributed by atoms with Crippen molar-refractivity contribution < 1.29 is 4.39 Å². The molecule has 0 aliphatic rings. The largest absolute Gasteiger partial charge is 0.355 e. The molecule has 0 radical (unpaired) electrons. The molecule has 3 aromatic carbocycles. The van der Waals surface area contributed by atoms with Crippen molar-refractivity contribution >= 4 is 22.1 Å². The summed E-state index contributed by atoms with van der Waals surface area (Å²) in [5, 5.41) is 14.1. The fraction of sp³-hybridized carbons (Fsp3) is 0. The van der Waals surface area contributed by atoms with Gasteiger partial charge in [-0.05, 0) is 29.7 Å². The zero-order valence-corrected chi connectivity index (χ0v) is 10.6. The molecule has 1 N–H and O–H groups in total. The van der Waals surface area contributed by atoms with Crippen LogP contribution >= 0.6 is 0 Å². The topological polar surface area (TPSA) is 35.8 Å². The van der Waals surface area contributed by atoms with E-state index in [0.29, 0.717) is 5.69 Å². The van der Waals surface area contributed by atoms with Gasteiger partial charge in [0, 0.05) is 16.8 Å². The van der Waals surface area contributed by atoms with Crippen LogP contribution in [0, 0.1) is 17.1 Å². The van der Waals surface area contributed by atoms with E-state index in [1.54, 1.807) is 6.07 Å². The molecule has 0 aliphatic carbocycles. The van der Waals surface area contributed by atoms with E-state index in [2.05, 4.69) is 5.32 Å². The summed E-state index contributed by atoms with van der Waals surface area (Å²) in [5.74, 6) is -0.516. The highest BCUT2D eigenvalue weighted by Gasteiger charge is 2.04. The van der Waals surface area contributed by atoms with Crippen molar-refractivity contribution in [3.63, 3.8) is 0 Å². The third-order valence-corrected chi connectivity index (χ3v) is 3.16. The first-order chi connectivity index (χ1) is 9.78. The number of rotatable bonds is 2. The van der Waals surface area contributed by atoms with Crippen LogP contribution in [-0.4, -0.2) is 0 Å². The van der Waals surface area contributed by atoms with E-state index in [1.807, 2.05) is 48.5 Å². The standard InChI is InChI=1S/C17H11FN2/c18-16-10-14(9-8-13(16)11-19)20-17-7-3-5-12-4-1-2-6-15(12)17/h1-10,20H. The molecule has 0 fully saturated rings. The summed E-state index contributed by atoms with van der Waals surface area (Å²) < 4.78 is 13.6. The first-order valence-corrected chi connectivity index (χ1v) is 6.22. The van der Waals surface area contributed by atoms with Crippen LogP contribution in [-0.2, 0) is 0 Å². The van der Waals surface area contributed by atoms with Crippen molar-refractivity contribution in [1.29, 1.82) is 5.26 Å². The van der Waals surface area contributed by atoms with Gasteiger partial charge in [0.15, 0.2) is 0 Å². The van der Waals surface area contributed by atoms with Crippen LogP contribution in [0.1, 0.15) is 5.56 Å². The molecule has 0 aromatic heterocycles. The fourth-order valence-electron chi connectivity index (χ4n) is 2.17. The number of nitriles is 1. The third kappa shape index (κ3) is 2.19. The van der Waals surface area contributed by atoms with Gasteiger partial charge in [0.05, 0.1) is 5.56 Å². The van der Waals surface area contributed by atoms with Gasteiger partial charge in [-0.1, -0.05) is 36.4 Å². The number of fused-ring (bicyclic) bond motifs is 1. The molecule has 20 heavy (non-hydrogen) atoms. The Morgan fingerprint density at radius 3 is 2.55 bits per heavy atom. The molecule has 3 rings (SSSR count). The molecule has 0 atom stereocenters. The highest BCUT2D eigenvalue weighted by Crippen LogP contribution is 2.26. The first-order valence-electron chi connectivity index (χ1n) is 6.22. The Morgan fingerprint density at radius 1 is 0.950 bits per heavy atom. The van der Waals surface area contributed by atoms with E-state index >= 15 is 0 Å². The van der Waals surface area contributed by atoms with Gasteiger partial charge in [0.2, 0.25) is 0 Å². The highest BCUT2D eigenvalue weighted by atomic mass is 19.1. The minimum absolute atomic E-state index is 0.0495. The summed E-state index contributed by atoms with van der Waals surface area (Å²) in [4.78, 5) is 0. The second kappa shape index (κ2) is 5.02. The zero-order valence-electron chi connectivity index (χ0n) is 10.6. The molecule has 3 heteroatoms. The Bertz CT molecular complexity index is 813. The maximum atomic E-state index is 13.6. The lowest BCUT2D eigenvalue weighted by Crippen LogP contribution is -1.93. The van der Waals surface area contributed by atoms with Crippen molar-refractivity contribution in [2.45, 2.75) is 0 Å². The molecule has 0 unspecified atom stereocenters. The van der Waals surface area contributed by atoms with Crippen molar-refractivity contribution in [2.24, 2.45) is 0 Å². The van der Waals surface area contributed by atoms with Gasteiger partial charge in [-0.25, -0.2) is 4.39 Å². The van der Waals surface area contributed by atoms with Crippen molar-refractivity contribution in [3.05, 3.63) is 72.0 Å². The maximum Gasteiger partial charge on any atom is 0.143 e. The predicted molar refractivity (Wildman–Crippen MR) is 78.3 cm³/mol. The smallest absolute Gasteiger partial charge is 0.143 e. The van der Waals surface area contributed by atoms with Crippen molar-refractivity contribution in [2.75, 3.05) is 5.32 Å². The second-order valence-electron chi connectivity index (χ2n) is 4.46. The van der Waals surface area contributed by atoms with Gasteiger partial charge >= 0.3 is 0 Å². The number of nitrogens with zero attached hydrogens (tertiary/aromatic N) is 1. The molecular formula is C17H11FN2. The lowest BCUT2D eigenvalue weighted by Gasteiger charge is -2.10. The molecular weight excluding hydrogens is 251 g/mol. The summed E-state index contributed by atoms with van der Waals surface area (Å²) >= 11 is 0. The summed E-state index contributed by atoms with van der Waals surface area (Å²) in [6.07, 6.45) is 0. The molecule has 0 aliphatic heterocycles. The summed E-state index contributed by atoms with van der Waals surface area (Å²) in [6.45, 7) is 0. The maximum absolute atomic E-state index is 13.6. The van der Waals surface area contributed by atoms with Gasteiger partial charge in [0.1, 0.15) is 11.9 Å². The Hall–Kier alpha value is -2.86. The average molecular weight is 262 g/mol. The third-order valence-electron chi connectivity index (χ3n) is 3.16. The second-order valence-corrected chi connectivity index (χ2v) is 4.46. The van der Waals surface area contributed by atoms with Gasteiger partial charge in [0.25, 0.3) is 0 Å². The monoisotopic (exact) mass is 262 g/mol. The van der Waals surface area contributed by atoms with E-state index in [9.17, 15) is 4.39 Å². The van der Waals surface area contributed by atoms with Crippen molar-refractivity contribution in [1.82, 2.24) is 0 Å². The van der Waals surface area contributed by atoms with Gasteiger partial charge in [-0.15, -0.1) is 0 Å². The quantitative estimate of drug-likeness (QED) is 0.733. The van der Waals surface area contributed by atoms with Gasteiger partial charge in [-0.3, -0.25) is 0 Å². The molecule has 2 nitrogen and oxygen atoms in total. The number of benzene rings is 3. The molecule has 96 valence electrons. The summed E-state index contributed by atoms with van der Waals surface area (Å²) in [7, 11) is 0. The number of hydrogen-bond donors (Lipinski definition) is 1. The average Bonchev–Trinajstić information content (AvgIpc) is 2.48. The van der Waals surface area contributed by atoms with E-state index in [0.717, 1.165) is 16.5 Å². The first kappa shape index (κ1) is 12.2. The summed E-state index contributed by atoms with van der Waals surface area (Å²) in [5.41, 5.74) is 1.58. The van der Waals surface area contributed by atoms with Gasteiger partial charge in [-0.2, -0.15) is 5.26 Å². The summed E-state index contributed by atoms with van der Waals surface area (Å²) in [6, 6.07) is 20.2. The molecule has 0 saturated heterocycles. The molecule has 0 bridgehead atoms. The van der Waals surface area contributed by atoms with Crippen LogP contribution in [0.5, 0.6) is 0 Å². The molecule has 0 amide bonds. The van der Waals surface area contributed by atoms with Crippen LogP contribution in [0.4, 0.5) is 15.8 Å². The van der Waals surface area contributed by atoms with Crippen LogP contribution in [0.25, 0.3) is 10.8 Å².